The summed E-state index contributed by atoms with van der Waals surface area (Å²) in [7, 11) is 2.00. The van der Waals surface area contributed by atoms with E-state index in [1.165, 1.54) is 10.8 Å². The number of hydrogen-bond donors (Lipinski definition) is 0. The molecular formula is C44H30FN5. The molecule has 0 spiro atoms. The maximum Gasteiger partial charge on any atom is 0.150 e. The third kappa shape index (κ3) is 4.18. The van der Waals surface area contributed by atoms with Crippen molar-refractivity contribution in [1.29, 1.82) is 0 Å². The minimum absolute atomic E-state index is 0.579. The van der Waals surface area contributed by atoms with Gasteiger partial charge in [-0.25, -0.2) is 14.4 Å². The van der Waals surface area contributed by atoms with Gasteiger partial charge in [0, 0.05) is 51.7 Å². The van der Waals surface area contributed by atoms with Gasteiger partial charge in [0.2, 0.25) is 0 Å². The standard InChI is InChI=1S/C44H30FN5/c1-48-38-22-8-6-20-36(38)47-43(48)30-14-9-12-28(26-30)41(45)29-13-10-17-32(27-29)50-39-24-23-34-33-18-5-7-21-37(33)49(31-15-3-2-4-16-31)42(34)40(39)35-19-11-25-46-44(35)50/h2-27,41H,1H3. The van der Waals surface area contributed by atoms with Crippen molar-refractivity contribution in [2.24, 2.45) is 7.05 Å². The quantitative estimate of drug-likeness (QED) is 0.187. The Balaban J connectivity index is 1.15. The molecule has 5 nitrogen and oxygen atoms in total. The topological polar surface area (TPSA) is 40.6 Å². The highest BCUT2D eigenvalue weighted by Gasteiger charge is 2.22. The number of halogens is 1. The van der Waals surface area contributed by atoms with E-state index in [1.807, 2.05) is 92.1 Å². The number of imidazole rings is 1. The second-order valence-corrected chi connectivity index (χ2v) is 12.8. The minimum Gasteiger partial charge on any atom is -0.327 e. The van der Waals surface area contributed by atoms with Gasteiger partial charge in [-0.1, -0.05) is 84.9 Å². The summed E-state index contributed by atoms with van der Waals surface area (Å²) >= 11 is 0. The molecule has 0 saturated heterocycles. The van der Waals surface area contributed by atoms with Crippen LogP contribution >= 0.6 is 0 Å². The number of aryl methyl sites for hydroxylation is 1. The van der Waals surface area contributed by atoms with Gasteiger partial charge in [0.25, 0.3) is 0 Å². The number of pyridine rings is 1. The Morgan fingerprint density at radius 2 is 1.28 bits per heavy atom. The van der Waals surface area contributed by atoms with Crippen LogP contribution in [0.15, 0.2) is 158 Å². The van der Waals surface area contributed by atoms with Gasteiger partial charge in [-0.15, -0.1) is 0 Å². The van der Waals surface area contributed by atoms with Crippen LogP contribution in [0.3, 0.4) is 0 Å². The molecule has 0 fully saturated rings. The van der Waals surface area contributed by atoms with E-state index in [9.17, 15) is 0 Å². The van der Waals surface area contributed by atoms with Crippen LogP contribution in [0.4, 0.5) is 4.39 Å². The molecule has 10 rings (SSSR count). The fourth-order valence-corrected chi connectivity index (χ4v) is 7.74. The van der Waals surface area contributed by atoms with Gasteiger partial charge in [0.15, 0.2) is 6.17 Å². The summed E-state index contributed by atoms with van der Waals surface area (Å²) in [6.45, 7) is 0. The maximum atomic E-state index is 16.6. The number of nitrogens with zero attached hydrogens (tertiary/aromatic N) is 5. The molecule has 1 unspecified atom stereocenters. The van der Waals surface area contributed by atoms with Gasteiger partial charge in [-0.2, -0.15) is 0 Å². The van der Waals surface area contributed by atoms with E-state index in [2.05, 4.69) is 86.5 Å². The second-order valence-electron chi connectivity index (χ2n) is 12.8. The molecule has 1 atom stereocenters. The van der Waals surface area contributed by atoms with Crippen molar-refractivity contribution in [1.82, 2.24) is 23.7 Å². The van der Waals surface area contributed by atoms with E-state index < -0.39 is 6.17 Å². The van der Waals surface area contributed by atoms with E-state index in [0.717, 1.165) is 66.8 Å². The van der Waals surface area contributed by atoms with Gasteiger partial charge in [0.1, 0.15) is 11.5 Å². The third-order valence-corrected chi connectivity index (χ3v) is 9.98. The molecule has 0 aliphatic carbocycles. The Morgan fingerprint density at radius 3 is 2.14 bits per heavy atom. The summed E-state index contributed by atoms with van der Waals surface area (Å²) in [5.74, 6) is 0.810. The van der Waals surface area contributed by atoms with E-state index >= 15 is 4.39 Å². The number of aromatic nitrogens is 5. The van der Waals surface area contributed by atoms with E-state index in [4.69, 9.17) is 9.97 Å². The van der Waals surface area contributed by atoms with Crippen LogP contribution in [0.25, 0.3) is 77.5 Å². The van der Waals surface area contributed by atoms with Crippen molar-refractivity contribution in [2.75, 3.05) is 0 Å². The van der Waals surface area contributed by atoms with Gasteiger partial charge in [-0.05, 0) is 77.9 Å². The zero-order valence-electron chi connectivity index (χ0n) is 27.2. The van der Waals surface area contributed by atoms with Crippen LogP contribution < -0.4 is 0 Å². The molecule has 0 radical (unpaired) electrons. The first-order valence-corrected chi connectivity index (χ1v) is 16.8. The molecule has 4 aromatic heterocycles. The molecule has 0 saturated carbocycles. The lowest BCUT2D eigenvalue weighted by Crippen LogP contribution is -2.00. The lowest BCUT2D eigenvalue weighted by molar-refractivity contribution is 0.402. The van der Waals surface area contributed by atoms with Gasteiger partial charge in [-0.3, -0.25) is 4.57 Å². The van der Waals surface area contributed by atoms with Crippen LogP contribution in [-0.4, -0.2) is 23.7 Å². The monoisotopic (exact) mass is 647 g/mol. The van der Waals surface area contributed by atoms with Crippen molar-refractivity contribution in [3.05, 3.63) is 169 Å². The van der Waals surface area contributed by atoms with Crippen molar-refractivity contribution < 1.29 is 4.39 Å². The van der Waals surface area contributed by atoms with Crippen LogP contribution in [0.2, 0.25) is 0 Å². The first-order valence-electron chi connectivity index (χ1n) is 16.8. The highest BCUT2D eigenvalue weighted by molar-refractivity contribution is 6.25. The van der Waals surface area contributed by atoms with Gasteiger partial charge in [0.05, 0.1) is 27.6 Å². The zero-order valence-corrected chi connectivity index (χ0v) is 27.2. The number of alkyl halides is 1. The number of rotatable bonds is 5. The average molecular weight is 648 g/mol. The molecule has 10 aromatic rings. The minimum atomic E-state index is -1.34. The average Bonchev–Trinajstić information content (AvgIpc) is 3.82. The lowest BCUT2D eigenvalue weighted by Gasteiger charge is -2.14. The SMILES string of the molecule is Cn1c(-c2cccc(C(F)c3cccc(-n4c5ccc6c7ccccc7n(-c7ccccc7)c6c5c5cccnc54)c3)c2)nc2ccccc21. The largest absolute Gasteiger partial charge is 0.327 e. The molecule has 0 aliphatic rings. The molecule has 0 bridgehead atoms. The van der Waals surface area contributed by atoms with Crippen molar-refractivity contribution in [3.63, 3.8) is 0 Å². The molecule has 4 heterocycles. The molecule has 6 heteroatoms. The maximum absolute atomic E-state index is 16.6. The Labute approximate surface area is 287 Å². The molecule has 0 N–H and O–H groups in total. The Bertz CT molecular complexity index is 2910. The summed E-state index contributed by atoms with van der Waals surface area (Å²) in [5, 5.41) is 4.53. The van der Waals surface area contributed by atoms with Crippen molar-refractivity contribution in [2.45, 2.75) is 6.17 Å². The Morgan fingerprint density at radius 1 is 0.560 bits per heavy atom. The predicted molar refractivity (Wildman–Crippen MR) is 202 cm³/mol. The first-order chi connectivity index (χ1) is 24.7. The first kappa shape index (κ1) is 28.5. The van der Waals surface area contributed by atoms with E-state index in [1.54, 1.807) is 0 Å². The lowest BCUT2D eigenvalue weighted by atomic mass is 10.00. The van der Waals surface area contributed by atoms with Gasteiger partial charge >= 0.3 is 0 Å². The summed E-state index contributed by atoms with van der Waals surface area (Å²) < 4.78 is 23.2. The number of para-hydroxylation sites is 4. The van der Waals surface area contributed by atoms with Crippen molar-refractivity contribution >= 4 is 54.8 Å². The molecule has 6 aromatic carbocycles. The zero-order chi connectivity index (χ0) is 33.3. The molecular weight excluding hydrogens is 618 g/mol. The Hall–Kier alpha value is -6.53. The van der Waals surface area contributed by atoms with Gasteiger partial charge < -0.3 is 9.13 Å². The van der Waals surface area contributed by atoms with E-state index in [-0.39, 0.29) is 0 Å². The molecule has 0 amide bonds. The molecule has 50 heavy (non-hydrogen) atoms. The number of hydrogen-bond acceptors (Lipinski definition) is 2. The normalized spacial score (nSPS) is 12.5. The summed E-state index contributed by atoms with van der Waals surface area (Å²) in [6.07, 6.45) is 0.494. The molecule has 238 valence electrons. The third-order valence-electron chi connectivity index (χ3n) is 9.98. The summed E-state index contributed by atoms with van der Waals surface area (Å²) in [4.78, 5) is 9.76. The smallest absolute Gasteiger partial charge is 0.150 e. The predicted octanol–water partition coefficient (Wildman–Crippen LogP) is 10.9. The van der Waals surface area contributed by atoms with E-state index in [0.29, 0.717) is 11.1 Å². The summed E-state index contributed by atoms with van der Waals surface area (Å²) in [6, 6.07) is 51.1. The second kappa shape index (κ2) is 11.0. The number of benzene rings is 6. The van der Waals surface area contributed by atoms with Crippen LogP contribution in [0, 0.1) is 0 Å². The fourth-order valence-electron chi connectivity index (χ4n) is 7.74. The Kier molecular flexibility index (Phi) is 6.27. The highest BCUT2D eigenvalue weighted by atomic mass is 19.1. The van der Waals surface area contributed by atoms with Crippen molar-refractivity contribution in [3.8, 4) is 22.8 Å². The molecule has 0 aliphatic heterocycles. The van der Waals surface area contributed by atoms with Crippen LogP contribution in [0.5, 0.6) is 0 Å². The van der Waals surface area contributed by atoms with Crippen LogP contribution in [-0.2, 0) is 7.05 Å². The number of fused-ring (bicyclic) bond motifs is 8. The highest BCUT2D eigenvalue weighted by Crippen LogP contribution is 2.42. The van der Waals surface area contributed by atoms with Crippen LogP contribution in [0.1, 0.15) is 17.3 Å². The fraction of sp³-hybridized carbons (Fsp3) is 0.0455. The summed E-state index contributed by atoms with van der Waals surface area (Å²) in [5.41, 5.74) is 10.1.